The Morgan fingerprint density at radius 2 is 2.06 bits per heavy atom. The molecule has 1 aliphatic carbocycles. The second-order valence-electron chi connectivity index (χ2n) is 4.62. The van der Waals surface area contributed by atoms with Crippen molar-refractivity contribution in [3.05, 3.63) is 0 Å². The van der Waals surface area contributed by atoms with Crippen LogP contribution in [0.3, 0.4) is 0 Å². The van der Waals surface area contributed by atoms with Gasteiger partial charge in [-0.25, -0.2) is 4.79 Å². The van der Waals surface area contributed by atoms with Crippen LogP contribution in [0.4, 0.5) is 4.79 Å². The highest BCUT2D eigenvalue weighted by Gasteiger charge is 2.37. The third kappa shape index (κ3) is 2.34. The lowest BCUT2D eigenvalue weighted by Gasteiger charge is -2.35. The molecule has 16 heavy (non-hydrogen) atoms. The molecule has 5 heteroatoms. The molecule has 0 bridgehead atoms. The summed E-state index contributed by atoms with van der Waals surface area (Å²) in [6.07, 6.45) is 7.46. The number of nitrogens with zero attached hydrogens (tertiary/aromatic N) is 1. The predicted octanol–water partition coefficient (Wildman–Crippen LogP) is 1.60. The Kier molecular flexibility index (Phi) is 3.42. The quantitative estimate of drug-likeness (QED) is 0.818. The molecule has 2 fully saturated rings. The molecule has 0 aromatic heterocycles. The van der Waals surface area contributed by atoms with E-state index in [0.29, 0.717) is 13.0 Å². The first-order valence-electron chi connectivity index (χ1n) is 5.79. The highest BCUT2D eigenvalue weighted by atomic mass is 32.2. The maximum Gasteiger partial charge on any atom is 0.324 e. The van der Waals surface area contributed by atoms with Crippen LogP contribution in [-0.4, -0.2) is 40.9 Å². The van der Waals surface area contributed by atoms with Crippen LogP contribution in [-0.2, 0) is 4.79 Å². The number of urea groups is 1. The number of hydrogen-bond acceptors (Lipinski definition) is 3. The molecule has 1 N–H and O–H groups in total. The molecule has 0 radical (unpaired) electrons. The second-order valence-corrected chi connectivity index (χ2v) is 5.89. The molecule has 2 aliphatic rings. The molecule has 1 heterocycles. The Morgan fingerprint density at radius 1 is 1.38 bits per heavy atom. The molecule has 0 aromatic carbocycles. The standard InChI is InChI=1S/C11H18N2O2S/c1-16-11(5-2-3-6-11)8-13-7-4-9(14)12-10(13)15/h2-8H2,1H3,(H,12,14,15). The van der Waals surface area contributed by atoms with Crippen molar-refractivity contribution in [2.75, 3.05) is 19.3 Å². The number of nitrogens with one attached hydrogen (secondary N) is 1. The van der Waals surface area contributed by atoms with Gasteiger partial charge in [0.1, 0.15) is 0 Å². The molecule has 0 unspecified atom stereocenters. The fourth-order valence-corrected chi connectivity index (χ4v) is 3.53. The molecule has 1 aliphatic heterocycles. The van der Waals surface area contributed by atoms with Gasteiger partial charge in [0.05, 0.1) is 0 Å². The Hall–Kier alpha value is -0.710. The zero-order valence-corrected chi connectivity index (χ0v) is 10.4. The topological polar surface area (TPSA) is 49.4 Å². The second kappa shape index (κ2) is 4.65. The smallest absolute Gasteiger partial charge is 0.323 e. The van der Waals surface area contributed by atoms with E-state index >= 15 is 0 Å². The summed E-state index contributed by atoms with van der Waals surface area (Å²) in [5, 5.41) is 2.38. The summed E-state index contributed by atoms with van der Waals surface area (Å²) in [4.78, 5) is 24.5. The predicted molar refractivity (Wildman–Crippen MR) is 64.4 cm³/mol. The van der Waals surface area contributed by atoms with Crippen molar-refractivity contribution in [1.29, 1.82) is 0 Å². The summed E-state index contributed by atoms with van der Waals surface area (Å²) in [5.41, 5.74) is 0. The Bertz CT molecular complexity index is 300. The number of amides is 3. The van der Waals surface area contributed by atoms with Crippen molar-refractivity contribution in [3.63, 3.8) is 0 Å². The van der Waals surface area contributed by atoms with Crippen LogP contribution < -0.4 is 5.32 Å². The number of rotatable bonds is 3. The van der Waals surface area contributed by atoms with Gasteiger partial charge in [-0.2, -0.15) is 11.8 Å². The van der Waals surface area contributed by atoms with Crippen molar-refractivity contribution >= 4 is 23.7 Å². The molecule has 4 nitrogen and oxygen atoms in total. The van der Waals surface area contributed by atoms with Crippen LogP contribution in [0.1, 0.15) is 32.1 Å². The maximum atomic E-state index is 11.6. The Morgan fingerprint density at radius 3 is 2.62 bits per heavy atom. The van der Waals surface area contributed by atoms with E-state index < -0.39 is 0 Å². The van der Waals surface area contributed by atoms with Crippen molar-refractivity contribution in [2.24, 2.45) is 0 Å². The van der Waals surface area contributed by atoms with E-state index in [0.717, 1.165) is 6.54 Å². The van der Waals surface area contributed by atoms with Crippen LogP contribution in [0.25, 0.3) is 0 Å². The summed E-state index contributed by atoms with van der Waals surface area (Å²) >= 11 is 1.87. The molecular weight excluding hydrogens is 224 g/mol. The zero-order chi connectivity index (χ0) is 11.6. The molecular formula is C11H18N2O2S. The largest absolute Gasteiger partial charge is 0.324 e. The minimum absolute atomic E-state index is 0.147. The third-order valence-corrected chi connectivity index (χ3v) is 4.97. The van der Waals surface area contributed by atoms with Gasteiger partial charge in [0.15, 0.2) is 0 Å². The van der Waals surface area contributed by atoms with Gasteiger partial charge in [0.25, 0.3) is 0 Å². The summed E-state index contributed by atoms with van der Waals surface area (Å²) in [7, 11) is 0. The lowest BCUT2D eigenvalue weighted by molar-refractivity contribution is -0.121. The van der Waals surface area contributed by atoms with Gasteiger partial charge in [0, 0.05) is 24.3 Å². The van der Waals surface area contributed by atoms with Crippen LogP contribution in [0, 0.1) is 0 Å². The first-order valence-corrected chi connectivity index (χ1v) is 7.02. The fraction of sp³-hybridized carbons (Fsp3) is 0.818. The van der Waals surface area contributed by atoms with E-state index in [1.807, 2.05) is 11.8 Å². The van der Waals surface area contributed by atoms with Gasteiger partial charge in [-0.15, -0.1) is 0 Å². The van der Waals surface area contributed by atoms with Gasteiger partial charge >= 0.3 is 6.03 Å². The molecule has 2 rings (SSSR count). The molecule has 1 saturated heterocycles. The number of thioether (sulfide) groups is 1. The third-order valence-electron chi connectivity index (χ3n) is 3.57. The molecule has 3 amide bonds. The maximum absolute atomic E-state index is 11.6. The Balaban J connectivity index is 1.98. The molecule has 1 saturated carbocycles. The van der Waals surface area contributed by atoms with Crippen molar-refractivity contribution in [3.8, 4) is 0 Å². The first-order chi connectivity index (χ1) is 7.65. The van der Waals surface area contributed by atoms with E-state index in [2.05, 4.69) is 11.6 Å². The average Bonchev–Trinajstić information content (AvgIpc) is 2.72. The minimum atomic E-state index is -0.212. The average molecular weight is 242 g/mol. The fourth-order valence-electron chi connectivity index (χ4n) is 2.54. The van der Waals surface area contributed by atoms with E-state index in [1.165, 1.54) is 25.7 Å². The number of carbonyl (C=O) groups excluding carboxylic acids is 2. The summed E-state index contributed by atoms with van der Waals surface area (Å²) in [6.45, 7) is 1.36. The summed E-state index contributed by atoms with van der Waals surface area (Å²) in [5.74, 6) is -0.147. The van der Waals surface area contributed by atoms with Gasteiger partial charge < -0.3 is 4.90 Å². The van der Waals surface area contributed by atoms with Gasteiger partial charge in [-0.3, -0.25) is 10.1 Å². The molecule has 0 spiro atoms. The lowest BCUT2D eigenvalue weighted by Crippen LogP contribution is -2.53. The van der Waals surface area contributed by atoms with E-state index in [9.17, 15) is 9.59 Å². The monoisotopic (exact) mass is 242 g/mol. The lowest BCUT2D eigenvalue weighted by atomic mass is 10.1. The van der Waals surface area contributed by atoms with Crippen LogP contribution in [0.2, 0.25) is 0 Å². The normalized spacial score (nSPS) is 24.7. The highest BCUT2D eigenvalue weighted by Crippen LogP contribution is 2.40. The number of hydrogen-bond donors (Lipinski definition) is 1. The SMILES string of the molecule is CSC1(CN2CCC(=O)NC2=O)CCCC1. The summed E-state index contributed by atoms with van der Waals surface area (Å²) in [6, 6.07) is -0.212. The van der Waals surface area contributed by atoms with Crippen LogP contribution in [0.5, 0.6) is 0 Å². The molecule has 0 aromatic rings. The number of carbonyl (C=O) groups is 2. The van der Waals surface area contributed by atoms with Gasteiger partial charge in [-0.05, 0) is 19.1 Å². The van der Waals surface area contributed by atoms with Gasteiger partial charge in [-0.1, -0.05) is 12.8 Å². The highest BCUT2D eigenvalue weighted by molar-refractivity contribution is 8.00. The molecule has 90 valence electrons. The van der Waals surface area contributed by atoms with E-state index in [4.69, 9.17) is 0 Å². The summed E-state index contributed by atoms with van der Waals surface area (Å²) < 4.78 is 0.234. The van der Waals surface area contributed by atoms with Crippen LogP contribution in [0.15, 0.2) is 0 Å². The van der Waals surface area contributed by atoms with E-state index in [1.54, 1.807) is 4.90 Å². The van der Waals surface area contributed by atoms with Crippen molar-refractivity contribution < 1.29 is 9.59 Å². The van der Waals surface area contributed by atoms with E-state index in [-0.39, 0.29) is 16.7 Å². The molecule has 0 atom stereocenters. The number of imide groups is 1. The van der Waals surface area contributed by atoms with Crippen molar-refractivity contribution in [1.82, 2.24) is 10.2 Å². The Labute approximate surface area is 100 Å². The first kappa shape index (κ1) is 11.8. The van der Waals surface area contributed by atoms with Gasteiger partial charge in [0.2, 0.25) is 5.91 Å². The van der Waals surface area contributed by atoms with Crippen LogP contribution >= 0.6 is 11.8 Å². The minimum Gasteiger partial charge on any atom is -0.323 e. The van der Waals surface area contributed by atoms with Crippen molar-refractivity contribution in [2.45, 2.75) is 36.9 Å². The zero-order valence-electron chi connectivity index (χ0n) is 9.62.